The highest BCUT2D eigenvalue weighted by atomic mass is 16.6. The van der Waals surface area contributed by atoms with Crippen molar-refractivity contribution in [3.8, 4) is 0 Å². The Balaban J connectivity index is 1.14. The molecule has 5 nitrogen and oxygen atoms in total. The van der Waals surface area contributed by atoms with Gasteiger partial charge in [-0.05, 0) is 122 Å². The maximum atomic E-state index is 13.2. The zero-order valence-electron chi connectivity index (χ0n) is 25.9. The average Bonchev–Trinajstić information content (AvgIpc) is 3.64. The fourth-order valence-electron chi connectivity index (χ4n) is 7.09. The van der Waals surface area contributed by atoms with E-state index in [1.807, 2.05) is 27.7 Å². The number of ketones is 1. The van der Waals surface area contributed by atoms with Gasteiger partial charge in [0.25, 0.3) is 0 Å². The molecule has 2 fully saturated rings. The number of hydrogen-bond donors (Lipinski definition) is 0. The zero-order chi connectivity index (χ0) is 28.6. The highest BCUT2D eigenvalue weighted by molar-refractivity contribution is 5.89. The van der Waals surface area contributed by atoms with Crippen molar-refractivity contribution in [3.05, 3.63) is 24.3 Å². The first-order valence-corrected chi connectivity index (χ1v) is 15.5. The van der Waals surface area contributed by atoms with Crippen LogP contribution in [0.4, 0.5) is 0 Å². The second-order valence-corrected chi connectivity index (χ2v) is 15.1. The van der Waals surface area contributed by atoms with E-state index in [0.29, 0.717) is 36.9 Å². The van der Waals surface area contributed by atoms with Crippen molar-refractivity contribution in [1.29, 1.82) is 0 Å². The van der Waals surface area contributed by atoms with Crippen molar-refractivity contribution >= 4 is 11.8 Å². The minimum atomic E-state index is -0.756. The lowest BCUT2D eigenvalue weighted by atomic mass is 9.74. The lowest BCUT2D eigenvalue weighted by Gasteiger charge is -2.42. The van der Waals surface area contributed by atoms with Gasteiger partial charge in [-0.3, -0.25) is 9.59 Å². The van der Waals surface area contributed by atoms with Gasteiger partial charge < -0.3 is 14.2 Å². The van der Waals surface area contributed by atoms with Crippen molar-refractivity contribution in [2.24, 2.45) is 40.9 Å². The minimum absolute atomic E-state index is 0.0182. The molecule has 0 aliphatic heterocycles. The van der Waals surface area contributed by atoms with Crippen LogP contribution < -0.4 is 0 Å². The number of esters is 1. The van der Waals surface area contributed by atoms with Crippen molar-refractivity contribution in [2.45, 2.75) is 124 Å². The van der Waals surface area contributed by atoms with E-state index in [1.54, 1.807) is 0 Å². The third-order valence-corrected chi connectivity index (χ3v) is 10.6. The molecular formula is C34H54O5. The summed E-state index contributed by atoms with van der Waals surface area (Å²) in [6, 6.07) is 0. The summed E-state index contributed by atoms with van der Waals surface area (Å²) in [5.74, 6) is 2.36. The molecule has 4 bridgehead atoms. The molecular weight excluding hydrogens is 488 g/mol. The summed E-state index contributed by atoms with van der Waals surface area (Å²) in [5, 5.41) is 0. The molecule has 4 rings (SSSR count). The largest absolute Gasteiger partial charge is 0.459 e. The molecule has 0 radical (unpaired) electrons. The van der Waals surface area contributed by atoms with Crippen LogP contribution in [0.3, 0.4) is 0 Å². The number of carbonyl (C=O) groups excluding carboxylic acids is 2. The van der Waals surface area contributed by atoms with Gasteiger partial charge in [0.2, 0.25) is 0 Å². The summed E-state index contributed by atoms with van der Waals surface area (Å²) in [4.78, 5) is 26.0. The number of rotatable bonds is 15. The molecule has 6 atom stereocenters. The minimum Gasteiger partial charge on any atom is -0.459 e. The van der Waals surface area contributed by atoms with Gasteiger partial charge in [0.05, 0.1) is 11.5 Å². The molecule has 0 heterocycles. The summed E-state index contributed by atoms with van der Waals surface area (Å²) in [6.45, 7) is 17.9. The molecule has 5 heteroatoms. The Kier molecular flexibility index (Phi) is 8.94. The van der Waals surface area contributed by atoms with Crippen molar-refractivity contribution in [1.82, 2.24) is 0 Å². The molecule has 0 N–H and O–H groups in total. The lowest BCUT2D eigenvalue weighted by molar-refractivity contribution is -0.163. The van der Waals surface area contributed by atoms with Crippen LogP contribution >= 0.6 is 0 Å². The monoisotopic (exact) mass is 542 g/mol. The normalized spacial score (nSPS) is 29.9. The first-order chi connectivity index (χ1) is 18.1. The Bertz CT molecular complexity index is 955. The van der Waals surface area contributed by atoms with Gasteiger partial charge in [0.15, 0.2) is 5.78 Å². The van der Waals surface area contributed by atoms with E-state index in [9.17, 15) is 9.59 Å². The number of ether oxygens (including phenoxy) is 3. The van der Waals surface area contributed by atoms with E-state index in [-0.39, 0.29) is 34.6 Å². The average molecular weight is 543 g/mol. The molecule has 0 aromatic carbocycles. The Morgan fingerprint density at radius 1 is 0.692 bits per heavy atom. The van der Waals surface area contributed by atoms with Gasteiger partial charge in [-0.1, -0.05) is 38.2 Å². The van der Waals surface area contributed by atoms with E-state index in [4.69, 9.17) is 14.2 Å². The third kappa shape index (κ3) is 7.07. The molecule has 4 aliphatic rings. The van der Waals surface area contributed by atoms with E-state index in [0.717, 1.165) is 51.4 Å². The van der Waals surface area contributed by atoms with Crippen molar-refractivity contribution < 1.29 is 23.8 Å². The maximum Gasteiger partial charge on any atom is 0.310 e. The van der Waals surface area contributed by atoms with E-state index in [1.165, 1.54) is 0 Å². The van der Waals surface area contributed by atoms with Gasteiger partial charge in [0, 0.05) is 19.1 Å². The second-order valence-electron chi connectivity index (χ2n) is 15.1. The SMILES string of the molecule is CC(C)(CCCCOC(C)(C)C(C)(C)CCOC(C)(C)C(=O)C1CC2C=CC1C2)OC(=O)C1CC2C=CC1C2. The molecule has 0 aromatic rings. The molecule has 6 unspecified atom stereocenters. The first-order valence-electron chi connectivity index (χ1n) is 15.5. The molecule has 0 amide bonds. The molecule has 39 heavy (non-hydrogen) atoms. The predicted molar refractivity (Wildman–Crippen MR) is 155 cm³/mol. The number of carbonyl (C=O) groups is 2. The summed E-state index contributed by atoms with van der Waals surface area (Å²) in [7, 11) is 0. The maximum absolute atomic E-state index is 13.2. The van der Waals surface area contributed by atoms with Gasteiger partial charge in [-0.2, -0.15) is 0 Å². The Morgan fingerprint density at radius 2 is 1.28 bits per heavy atom. The molecule has 0 aromatic heterocycles. The highest BCUT2D eigenvalue weighted by Gasteiger charge is 2.46. The van der Waals surface area contributed by atoms with Crippen molar-refractivity contribution in [2.75, 3.05) is 13.2 Å². The third-order valence-electron chi connectivity index (χ3n) is 10.6. The Hall–Kier alpha value is -1.46. The zero-order valence-corrected chi connectivity index (χ0v) is 25.9. The van der Waals surface area contributed by atoms with Crippen LogP contribution in [0, 0.1) is 40.9 Å². The first kappa shape index (κ1) is 30.5. The predicted octanol–water partition coefficient (Wildman–Crippen LogP) is 7.48. The van der Waals surface area contributed by atoms with E-state index < -0.39 is 11.2 Å². The van der Waals surface area contributed by atoms with Crippen LogP contribution in [-0.4, -0.2) is 41.8 Å². The standard InChI is InChI=1S/C34H54O5/c1-31(2,16-18-37-33(5,6)29(35)27-21-23-11-13-25(27)19-23)34(7,8)38-17-10-9-15-32(3,4)39-30(36)28-22-24-12-14-26(28)20-24/h11-14,23-28H,9-10,15-22H2,1-8H3. The summed E-state index contributed by atoms with van der Waals surface area (Å²) >= 11 is 0. The molecule has 4 aliphatic carbocycles. The van der Waals surface area contributed by atoms with Crippen LogP contribution in [0.2, 0.25) is 0 Å². The number of hydrogen-bond acceptors (Lipinski definition) is 5. The molecule has 2 saturated carbocycles. The molecule has 0 saturated heterocycles. The summed E-state index contributed by atoms with van der Waals surface area (Å²) < 4.78 is 18.6. The van der Waals surface area contributed by atoms with Gasteiger partial charge in [-0.25, -0.2) is 0 Å². The smallest absolute Gasteiger partial charge is 0.310 e. The van der Waals surface area contributed by atoms with Gasteiger partial charge in [0.1, 0.15) is 11.2 Å². The van der Waals surface area contributed by atoms with E-state index in [2.05, 4.69) is 52.0 Å². The number of allylic oxidation sites excluding steroid dienone is 4. The van der Waals surface area contributed by atoms with Gasteiger partial charge in [-0.15, -0.1) is 0 Å². The lowest BCUT2D eigenvalue weighted by Crippen LogP contribution is -2.45. The fraction of sp³-hybridized carbons (Fsp3) is 0.824. The molecule has 0 spiro atoms. The van der Waals surface area contributed by atoms with Crippen LogP contribution in [0.15, 0.2) is 24.3 Å². The quantitative estimate of drug-likeness (QED) is 0.122. The summed E-state index contributed by atoms with van der Waals surface area (Å²) in [5.41, 5.74) is -1.66. The van der Waals surface area contributed by atoms with Crippen LogP contribution in [-0.2, 0) is 23.8 Å². The fourth-order valence-corrected chi connectivity index (χ4v) is 7.09. The number of unbranched alkanes of at least 4 members (excludes halogenated alkanes) is 1. The van der Waals surface area contributed by atoms with Crippen LogP contribution in [0.25, 0.3) is 0 Å². The van der Waals surface area contributed by atoms with Crippen molar-refractivity contribution in [3.63, 3.8) is 0 Å². The summed E-state index contributed by atoms with van der Waals surface area (Å²) in [6.07, 6.45) is 16.7. The van der Waals surface area contributed by atoms with Crippen LogP contribution in [0.5, 0.6) is 0 Å². The van der Waals surface area contributed by atoms with Gasteiger partial charge >= 0.3 is 5.97 Å². The number of fused-ring (bicyclic) bond motifs is 4. The van der Waals surface area contributed by atoms with E-state index >= 15 is 0 Å². The highest BCUT2D eigenvalue weighted by Crippen LogP contribution is 2.46. The second kappa shape index (κ2) is 11.4. The Labute approximate surface area is 237 Å². The number of Topliss-reactive ketones (excluding diaryl/α,β-unsaturated/α-hetero) is 1. The molecule has 220 valence electrons. The van der Waals surface area contributed by atoms with Crippen LogP contribution in [0.1, 0.15) is 107 Å². The topological polar surface area (TPSA) is 61.8 Å². The Morgan fingerprint density at radius 3 is 1.82 bits per heavy atom.